The van der Waals surface area contributed by atoms with Crippen LogP contribution in [0, 0.1) is 0 Å². The standard InChI is InChI=1S/C90H158NO8P/c1-6-8-10-12-14-16-18-20-22-24-26-28-30-32-34-36-38-40-42-44-45-47-48-50-52-54-56-58-60-62-64-66-68-70-72-74-76-78-80-82-89(92)96-86-88(87-98-100(94,95)97-85-84-91(3,4)5)99-90(93)83-81-79-77-75-73-71-69-67-65-63-61-59-57-55-53-51-49-46-43-41-39-37-35-33-31-29-27-25-23-21-19-17-15-13-11-9-7-2/h8-11,14-17,20-23,26-29,32-35,39,41,88H,6-7,12-13,18-19,24-25,30-31,36-38,40,42-87H2,1-5H3/p+1/b10-8-,11-9-,16-14-,17-15-,22-20-,23-21-,28-26-,29-27-,34-32-,35-33-,41-39-. The second-order valence-corrected chi connectivity index (χ2v) is 30.6. The number of phosphoric ester groups is 1. The van der Waals surface area contributed by atoms with Gasteiger partial charge in [0.25, 0.3) is 0 Å². The number of quaternary nitrogens is 1. The summed E-state index contributed by atoms with van der Waals surface area (Å²) >= 11 is 0. The number of unbranched alkanes of at least 4 members (excludes halogenated alkanes) is 41. The van der Waals surface area contributed by atoms with E-state index in [-0.39, 0.29) is 32.0 Å². The summed E-state index contributed by atoms with van der Waals surface area (Å²) < 4.78 is 34.9. The van der Waals surface area contributed by atoms with Crippen molar-refractivity contribution in [2.45, 2.75) is 380 Å². The highest BCUT2D eigenvalue weighted by molar-refractivity contribution is 7.47. The van der Waals surface area contributed by atoms with Crippen molar-refractivity contribution in [2.75, 3.05) is 47.5 Å². The number of carbonyl (C=O) groups excluding carboxylic acids is 2. The van der Waals surface area contributed by atoms with Gasteiger partial charge >= 0.3 is 19.8 Å². The maximum absolute atomic E-state index is 12.9. The number of phosphoric acid groups is 1. The SMILES string of the molecule is CC/C=C\C/C=C\C/C=C\C/C=C\C/C=C\C/C=C\CCCCCCCCCCCCCCCCCCCCC(=O)OC(COC(=O)CCCCCCCCCCCCCCCCCCCCCCCCC/C=C\C/C=C\C/C=C\C/C=C\C/C=C\CC)COP(=O)(O)OCC[N+](C)(C)C. The Morgan fingerprint density at radius 1 is 0.310 bits per heavy atom. The van der Waals surface area contributed by atoms with Gasteiger partial charge in [0.05, 0.1) is 27.7 Å². The molecule has 2 unspecified atom stereocenters. The van der Waals surface area contributed by atoms with Crippen LogP contribution in [0.4, 0.5) is 0 Å². The molecule has 0 saturated carbocycles. The molecule has 100 heavy (non-hydrogen) atoms. The van der Waals surface area contributed by atoms with Gasteiger partial charge in [-0.05, 0) is 109 Å². The molecule has 0 bridgehead atoms. The second kappa shape index (κ2) is 79.3. The first-order valence-corrected chi connectivity index (χ1v) is 43.4. The van der Waals surface area contributed by atoms with Crippen LogP contribution < -0.4 is 0 Å². The van der Waals surface area contributed by atoms with Crippen molar-refractivity contribution >= 4 is 19.8 Å². The predicted octanol–water partition coefficient (Wildman–Crippen LogP) is 28.3. The van der Waals surface area contributed by atoms with E-state index in [1.807, 2.05) is 21.1 Å². The summed E-state index contributed by atoms with van der Waals surface area (Å²) in [6.07, 6.45) is 116. The lowest BCUT2D eigenvalue weighted by Gasteiger charge is -2.24. The van der Waals surface area contributed by atoms with Gasteiger partial charge < -0.3 is 18.9 Å². The van der Waals surface area contributed by atoms with E-state index in [0.29, 0.717) is 17.4 Å². The number of hydrogen-bond donors (Lipinski definition) is 1. The van der Waals surface area contributed by atoms with Gasteiger partial charge in [0.2, 0.25) is 0 Å². The topological polar surface area (TPSA) is 108 Å². The van der Waals surface area contributed by atoms with E-state index in [4.69, 9.17) is 18.5 Å². The molecule has 1 N–H and O–H groups in total. The first-order chi connectivity index (χ1) is 49.0. The summed E-state index contributed by atoms with van der Waals surface area (Å²) in [6.45, 7) is 4.25. The number of esters is 2. The lowest BCUT2D eigenvalue weighted by Crippen LogP contribution is -2.37. The highest BCUT2D eigenvalue weighted by atomic mass is 31.2. The third-order valence-corrected chi connectivity index (χ3v) is 19.2. The molecule has 0 spiro atoms. The van der Waals surface area contributed by atoms with E-state index >= 15 is 0 Å². The van der Waals surface area contributed by atoms with Gasteiger partial charge in [-0.25, -0.2) is 4.57 Å². The van der Waals surface area contributed by atoms with Gasteiger partial charge in [-0.3, -0.25) is 18.6 Å². The molecule has 10 heteroatoms. The molecule has 0 fully saturated rings. The zero-order chi connectivity index (χ0) is 72.5. The van der Waals surface area contributed by atoms with Crippen molar-refractivity contribution in [2.24, 2.45) is 0 Å². The monoisotopic (exact) mass is 1410 g/mol. The first kappa shape index (κ1) is 96.2. The highest BCUT2D eigenvalue weighted by Crippen LogP contribution is 2.43. The summed E-state index contributed by atoms with van der Waals surface area (Å²) in [6, 6.07) is 0. The van der Waals surface area contributed by atoms with Crippen molar-refractivity contribution in [3.8, 4) is 0 Å². The third kappa shape index (κ3) is 83.1. The molecular weight excluding hydrogens is 1250 g/mol. The van der Waals surface area contributed by atoms with Crippen LogP contribution in [-0.2, 0) is 32.7 Å². The van der Waals surface area contributed by atoms with Crippen LogP contribution in [0.5, 0.6) is 0 Å². The summed E-state index contributed by atoms with van der Waals surface area (Å²) in [4.78, 5) is 36.0. The third-order valence-electron chi connectivity index (χ3n) is 18.2. The Labute approximate surface area is 619 Å². The van der Waals surface area contributed by atoms with E-state index in [9.17, 15) is 19.0 Å². The molecule has 0 saturated heterocycles. The van der Waals surface area contributed by atoms with Gasteiger partial charge in [-0.2, -0.15) is 0 Å². The summed E-state index contributed by atoms with van der Waals surface area (Å²) in [5.74, 6) is -0.782. The van der Waals surface area contributed by atoms with Crippen molar-refractivity contribution in [3.63, 3.8) is 0 Å². The minimum atomic E-state index is -4.40. The van der Waals surface area contributed by atoms with E-state index in [1.54, 1.807) is 0 Å². The molecule has 0 aliphatic heterocycles. The van der Waals surface area contributed by atoms with Gasteiger partial charge in [0.1, 0.15) is 19.8 Å². The zero-order valence-corrected chi connectivity index (χ0v) is 66.8. The van der Waals surface area contributed by atoms with E-state index in [0.717, 1.165) is 103 Å². The Hall–Kier alpha value is -3.85. The Kier molecular flexibility index (Phi) is 76.2. The Morgan fingerprint density at radius 2 is 0.540 bits per heavy atom. The first-order valence-electron chi connectivity index (χ1n) is 41.9. The molecular formula is C90H159NO8P+. The quantitative estimate of drug-likeness (QED) is 0.0211. The van der Waals surface area contributed by atoms with Crippen LogP contribution in [0.2, 0.25) is 0 Å². The fourth-order valence-corrected chi connectivity index (χ4v) is 12.6. The Bertz CT molecular complexity index is 2160. The van der Waals surface area contributed by atoms with E-state index in [2.05, 4.69) is 148 Å². The number of allylic oxidation sites excluding steroid dienone is 22. The molecule has 0 aromatic heterocycles. The van der Waals surface area contributed by atoms with Crippen LogP contribution in [-0.4, -0.2) is 74.9 Å². The number of carbonyl (C=O) groups is 2. The average molecular weight is 1410 g/mol. The second-order valence-electron chi connectivity index (χ2n) is 29.1. The van der Waals surface area contributed by atoms with Crippen LogP contribution >= 0.6 is 7.82 Å². The summed E-state index contributed by atoms with van der Waals surface area (Å²) in [5.41, 5.74) is 0. The molecule has 576 valence electrons. The fourth-order valence-electron chi connectivity index (χ4n) is 11.9. The van der Waals surface area contributed by atoms with Crippen LogP contribution in [0.15, 0.2) is 134 Å². The average Bonchev–Trinajstić information content (AvgIpc) is 1.02. The summed E-state index contributed by atoms with van der Waals surface area (Å²) in [5, 5.41) is 0. The molecule has 0 aliphatic carbocycles. The minimum absolute atomic E-state index is 0.0303. The number of nitrogens with zero attached hydrogens (tertiary/aromatic N) is 1. The molecule has 0 heterocycles. The molecule has 2 atom stereocenters. The van der Waals surface area contributed by atoms with Crippen molar-refractivity contribution < 1.29 is 42.1 Å². The van der Waals surface area contributed by atoms with Crippen molar-refractivity contribution in [1.29, 1.82) is 0 Å². The van der Waals surface area contributed by atoms with Gasteiger partial charge in [-0.1, -0.05) is 385 Å². The predicted molar refractivity (Wildman–Crippen MR) is 436 cm³/mol. The number of ether oxygens (including phenoxy) is 2. The molecule has 9 nitrogen and oxygen atoms in total. The van der Waals surface area contributed by atoms with Gasteiger partial charge in [0.15, 0.2) is 6.10 Å². The van der Waals surface area contributed by atoms with Crippen LogP contribution in [0.25, 0.3) is 0 Å². The molecule has 0 aromatic rings. The molecule has 0 aromatic carbocycles. The summed E-state index contributed by atoms with van der Waals surface area (Å²) in [7, 11) is 1.49. The maximum atomic E-state index is 12.9. The van der Waals surface area contributed by atoms with Crippen LogP contribution in [0.1, 0.15) is 373 Å². The molecule has 0 amide bonds. The smallest absolute Gasteiger partial charge is 0.462 e. The zero-order valence-electron chi connectivity index (χ0n) is 65.9. The van der Waals surface area contributed by atoms with E-state index in [1.165, 1.54) is 238 Å². The number of hydrogen-bond acceptors (Lipinski definition) is 7. The van der Waals surface area contributed by atoms with E-state index < -0.39 is 26.5 Å². The minimum Gasteiger partial charge on any atom is -0.462 e. The molecule has 0 aliphatic rings. The Balaban J connectivity index is 3.92. The molecule has 0 rings (SSSR count). The van der Waals surface area contributed by atoms with Crippen molar-refractivity contribution in [1.82, 2.24) is 0 Å². The lowest BCUT2D eigenvalue weighted by atomic mass is 10.0. The molecule has 0 radical (unpaired) electrons. The number of rotatable bonds is 77. The highest BCUT2D eigenvalue weighted by Gasteiger charge is 2.27. The van der Waals surface area contributed by atoms with Gasteiger partial charge in [0, 0.05) is 12.8 Å². The van der Waals surface area contributed by atoms with Crippen molar-refractivity contribution in [3.05, 3.63) is 134 Å². The lowest BCUT2D eigenvalue weighted by molar-refractivity contribution is -0.870. The van der Waals surface area contributed by atoms with Gasteiger partial charge in [-0.15, -0.1) is 0 Å². The maximum Gasteiger partial charge on any atom is 0.472 e. The fraction of sp³-hybridized carbons (Fsp3) is 0.733. The Morgan fingerprint density at radius 3 is 0.800 bits per heavy atom. The normalized spacial score (nSPS) is 13.7. The van der Waals surface area contributed by atoms with Crippen LogP contribution in [0.3, 0.4) is 0 Å². The number of likely N-dealkylation sites (N-methyl/N-ethyl adjacent to an activating group) is 1. The largest absolute Gasteiger partial charge is 0.472 e.